The third-order valence-electron chi connectivity index (χ3n) is 4.33. The number of aromatic amines is 1. The number of hydrogen-bond donors (Lipinski definition) is 3. The summed E-state index contributed by atoms with van der Waals surface area (Å²) in [5.41, 5.74) is 2.80. The van der Waals surface area contributed by atoms with Crippen molar-refractivity contribution in [3.05, 3.63) is 53.9 Å². The molecule has 2 aromatic rings. The van der Waals surface area contributed by atoms with Crippen LogP contribution in [-0.2, 0) is 6.54 Å². The number of nitrogens with one attached hydrogen (secondary N) is 2. The predicted molar refractivity (Wildman–Crippen MR) is 90.3 cm³/mol. The Labute approximate surface area is 136 Å². The van der Waals surface area contributed by atoms with Crippen LogP contribution in [-0.4, -0.2) is 40.6 Å². The molecule has 0 radical (unpaired) electrons. The lowest BCUT2D eigenvalue weighted by Gasteiger charge is -2.32. The smallest absolute Gasteiger partial charge is 0.253 e. The Balaban J connectivity index is 1.65. The standard InChI is InChI=1S/C18H23N3O2/c22-13-15-3-2-8-21(12-15)18(23)16-4-1-5-17(9-16)20-11-14-6-7-19-10-14/h1,4-7,9-10,15,19-20,22H,2-3,8,11-13H2. The Bertz CT molecular complexity index is 639. The summed E-state index contributed by atoms with van der Waals surface area (Å²) < 4.78 is 0. The van der Waals surface area contributed by atoms with Gasteiger partial charge >= 0.3 is 0 Å². The van der Waals surface area contributed by atoms with Crippen LogP contribution in [0.1, 0.15) is 28.8 Å². The van der Waals surface area contributed by atoms with Gasteiger partial charge in [0.25, 0.3) is 5.91 Å². The van der Waals surface area contributed by atoms with Gasteiger partial charge in [-0.3, -0.25) is 4.79 Å². The zero-order chi connectivity index (χ0) is 16.1. The molecule has 3 rings (SSSR count). The highest BCUT2D eigenvalue weighted by Gasteiger charge is 2.24. The van der Waals surface area contributed by atoms with Crippen molar-refractivity contribution in [3.8, 4) is 0 Å². The van der Waals surface area contributed by atoms with Crippen LogP contribution in [0.15, 0.2) is 42.7 Å². The Morgan fingerprint density at radius 1 is 1.39 bits per heavy atom. The van der Waals surface area contributed by atoms with E-state index >= 15 is 0 Å². The normalized spacial score (nSPS) is 18.0. The summed E-state index contributed by atoms with van der Waals surface area (Å²) in [4.78, 5) is 17.5. The van der Waals surface area contributed by atoms with Gasteiger partial charge in [-0.15, -0.1) is 0 Å². The van der Waals surface area contributed by atoms with E-state index in [-0.39, 0.29) is 18.4 Å². The molecular formula is C18H23N3O2. The zero-order valence-electron chi connectivity index (χ0n) is 13.2. The van der Waals surface area contributed by atoms with Gasteiger partial charge in [-0.25, -0.2) is 0 Å². The van der Waals surface area contributed by atoms with Crippen molar-refractivity contribution in [1.82, 2.24) is 9.88 Å². The lowest BCUT2D eigenvalue weighted by atomic mass is 9.98. The van der Waals surface area contributed by atoms with E-state index in [1.54, 1.807) is 0 Å². The third-order valence-corrected chi connectivity index (χ3v) is 4.33. The fourth-order valence-corrected chi connectivity index (χ4v) is 3.02. The Morgan fingerprint density at radius 2 is 2.30 bits per heavy atom. The molecule has 0 spiro atoms. The molecule has 1 aromatic heterocycles. The number of likely N-dealkylation sites (tertiary alicyclic amines) is 1. The molecule has 0 aliphatic carbocycles. The zero-order valence-corrected chi connectivity index (χ0v) is 13.2. The first kappa shape index (κ1) is 15.6. The molecule has 122 valence electrons. The predicted octanol–water partition coefficient (Wildman–Crippen LogP) is 2.47. The second kappa shape index (κ2) is 7.33. The molecule has 1 fully saturated rings. The molecule has 1 aliphatic heterocycles. The summed E-state index contributed by atoms with van der Waals surface area (Å²) in [6.07, 6.45) is 5.80. The fourth-order valence-electron chi connectivity index (χ4n) is 3.02. The van der Waals surface area contributed by atoms with Crippen LogP contribution in [0.4, 0.5) is 5.69 Å². The largest absolute Gasteiger partial charge is 0.396 e. The monoisotopic (exact) mass is 313 g/mol. The first-order chi connectivity index (χ1) is 11.3. The van der Waals surface area contributed by atoms with Crippen molar-refractivity contribution < 1.29 is 9.90 Å². The van der Waals surface area contributed by atoms with Gasteiger partial charge in [0.05, 0.1) is 0 Å². The highest BCUT2D eigenvalue weighted by molar-refractivity contribution is 5.95. The van der Waals surface area contributed by atoms with Crippen LogP contribution in [0, 0.1) is 5.92 Å². The van der Waals surface area contributed by atoms with E-state index in [9.17, 15) is 9.90 Å². The number of carbonyl (C=O) groups excluding carboxylic acids is 1. The molecule has 1 atom stereocenters. The average molecular weight is 313 g/mol. The molecule has 2 heterocycles. The Morgan fingerprint density at radius 3 is 3.09 bits per heavy atom. The summed E-state index contributed by atoms with van der Waals surface area (Å²) in [6, 6.07) is 9.64. The summed E-state index contributed by atoms with van der Waals surface area (Å²) in [7, 11) is 0. The molecule has 5 heteroatoms. The van der Waals surface area contributed by atoms with Crippen molar-refractivity contribution in [2.24, 2.45) is 5.92 Å². The number of nitrogens with zero attached hydrogens (tertiary/aromatic N) is 1. The van der Waals surface area contributed by atoms with Crippen LogP contribution in [0.25, 0.3) is 0 Å². The highest BCUT2D eigenvalue weighted by Crippen LogP contribution is 2.20. The van der Waals surface area contributed by atoms with Crippen molar-refractivity contribution >= 4 is 11.6 Å². The summed E-state index contributed by atoms with van der Waals surface area (Å²) in [5.74, 6) is 0.260. The number of benzene rings is 1. The molecule has 5 nitrogen and oxygen atoms in total. The van der Waals surface area contributed by atoms with Gasteiger partial charge in [0.2, 0.25) is 0 Å². The van der Waals surface area contributed by atoms with Crippen molar-refractivity contribution in [1.29, 1.82) is 0 Å². The molecule has 1 aliphatic rings. The summed E-state index contributed by atoms with van der Waals surface area (Å²) >= 11 is 0. The van der Waals surface area contributed by atoms with Crippen LogP contribution in [0.3, 0.4) is 0 Å². The molecule has 23 heavy (non-hydrogen) atoms. The number of aromatic nitrogens is 1. The van der Waals surface area contributed by atoms with E-state index in [0.29, 0.717) is 12.1 Å². The molecule has 1 saturated heterocycles. The minimum absolute atomic E-state index is 0.0495. The maximum absolute atomic E-state index is 12.7. The number of aliphatic hydroxyl groups excluding tert-OH is 1. The molecule has 0 bridgehead atoms. The highest BCUT2D eigenvalue weighted by atomic mass is 16.3. The quantitative estimate of drug-likeness (QED) is 0.794. The SMILES string of the molecule is O=C(c1cccc(NCc2cc[nH]c2)c1)N1CCCC(CO)C1. The van der Waals surface area contributed by atoms with Gasteiger partial charge in [0.1, 0.15) is 0 Å². The molecule has 1 amide bonds. The maximum atomic E-state index is 12.7. The van der Waals surface area contributed by atoms with Crippen molar-refractivity contribution in [2.75, 3.05) is 25.0 Å². The number of H-pyrrole nitrogens is 1. The van der Waals surface area contributed by atoms with Crippen LogP contribution < -0.4 is 5.32 Å². The van der Waals surface area contributed by atoms with Gasteiger partial charge in [-0.2, -0.15) is 0 Å². The maximum Gasteiger partial charge on any atom is 0.253 e. The number of rotatable bonds is 5. The minimum atomic E-state index is 0.0495. The molecule has 1 unspecified atom stereocenters. The first-order valence-corrected chi connectivity index (χ1v) is 8.12. The Kier molecular flexibility index (Phi) is 4.98. The van der Waals surface area contributed by atoms with Gasteiger partial charge in [0, 0.05) is 49.9 Å². The number of amides is 1. The number of carbonyl (C=O) groups is 1. The van der Waals surface area contributed by atoms with E-state index in [1.807, 2.05) is 47.6 Å². The number of anilines is 1. The minimum Gasteiger partial charge on any atom is -0.396 e. The molecule has 1 aromatic carbocycles. The van der Waals surface area contributed by atoms with Crippen LogP contribution in [0.5, 0.6) is 0 Å². The van der Waals surface area contributed by atoms with Gasteiger partial charge in [-0.1, -0.05) is 6.07 Å². The van der Waals surface area contributed by atoms with Crippen molar-refractivity contribution in [3.63, 3.8) is 0 Å². The molecule has 3 N–H and O–H groups in total. The van der Waals surface area contributed by atoms with Crippen LogP contribution >= 0.6 is 0 Å². The van der Waals surface area contributed by atoms with E-state index in [4.69, 9.17) is 0 Å². The fraction of sp³-hybridized carbons (Fsp3) is 0.389. The van der Waals surface area contributed by atoms with Crippen LogP contribution in [0.2, 0.25) is 0 Å². The van der Waals surface area contributed by atoms with Gasteiger partial charge in [-0.05, 0) is 48.6 Å². The number of piperidine rings is 1. The first-order valence-electron chi connectivity index (χ1n) is 8.12. The lowest BCUT2D eigenvalue weighted by Crippen LogP contribution is -2.40. The second-order valence-electron chi connectivity index (χ2n) is 6.10. The molecular weight excluding hydrogens is 290 g/mol. The Hall–Kier alpha value is -2.27. The third kappa shape index (κ3) is 3.93. The van der Waals surface area contributed by atoms with E-state index < -0.39 is 0 Å². The number of hydrogen-bond acceptors (Lipinski definition) is 3. The molecule has 0 saturated carbocycles. The number of aliphatic hydroxyl groups is 1. The summed E-state index contributed by atoms with van der Waals surface area (Å²) in [6.45, 7) is 2.30. The average Bonchev–Trinajstić information content (AvgIpc) is 3.13. The van der Waals surface area contributed by atoms with E-state index in [1.165, 1.54) is 5.56 Å². The summed E-state index contributed by atoms with van der Waals surface area (Å²) in [5, 5.41) is 12.6. The lowest BCUT2D eigenvalue weighted by molar-refractivity contribution is 0.0621. The van der Waals surface area contributed by atoms with E-state index in [0.717, 1.165) is 31.6 Å². The van der Waals surface area contributed by atoms with Gasteiger partial charge < -0.3 is 20.3 Å². The van der Waals surface area contributed by atoms with Crippen molar-refractivity contribution in [2.45, 2.75) is 19.4 Å². The van der Waals surface area contributed by atoms with E-state index in [2.05, 4.69) is 10.3 Å². The topological polar surface area (TPSA) is 68.4 Å². The van der Waals surface area contributed by atoms with Gasteiger partial charge in [0.15, 0.2) is 0 Å². The second-order valence-corrected chi connectivity index (χ2v) is 6.10.